The smallest absolute Gasteiger partial charge is 0.342 e. The number of hydrogen-bond donors (Lipinski definition) is 3. The van der Waals surface area contributed by atoms with Gasteiger partial charge in [0.2, 0.25) is 5.82 Å². The molecule has 0 fully saturated rings. The standard InChI is InChI=1S/C12H10ClF3N4O2/c13-7-3-1-6(2-4-7)8(5-12(14,15)16)17-10(21)9-18-11(22)20-19-9/h1-4,8H,5H2,(H,17,21)(H2,18,19,20,22)/t8-/m1/s1. The van der Waals surface area contributed by atoms with Gasteiger partial charge in [0.1, 0.15) is 0 Å². The zero-order valence-corrected chi connectivity index (χ0v) is 11.6. The number of aromatic nitrogens is 3. The van der Waals surface area contributed by atoms with Crippen molar-refractivity contribution in [3.8, 4) is 0 Å². The first kappa shape index (κ1) is 16.1. The third-order valence-corrected chi connectivity index (χ3v) is 2.98. The molecule has 22 heavy (non-hydrogen) atoms. The fourth-order valence-electron chi connectivity index (χ4n) is 1.78. The predicted octanol–water partition coefficient (Wildman–Crippen LogP) is 2.17. The fourth-order valence-corrected chi connectivity index (χ4v) is 1.91. The lowest BCUT2D eigenvalue weighted by Gasteiger charge is -2.20. The first-order chi connectivity index (χ1) is 10.2. The SMILES string of the molecule is O=C(N[C@H](CC(F)(F)F)c1ccc(Cl)cc1)c1n[nH]c(=O)[nH]1. The van der Waals surface area contributed by atoms with E-state index < -0.39 is 36.1 Å². The zero-order chi connectivity index (χ0) is 16.3. The molecule has 1 aromatic carbocycles. The summed E-state index contributed by atoms with van der Waals surface area (Å²) in [6, 6.07) is 4.27. The molecule has 3 N–H and O–H groups in total. The maximum Gasteiger partial charge on any atom is 0.391 e. The van der Waals surface area contributed by atoms with Crippen LogP contribution < -0.4 is 11.0 Å². The molecule has 1 aromatic heterocycles. The Hall–Kier alpha value is -2.29. The second-order valence-electron chi connectivity index (χ2n) is 4.42. The van der Waals surface area contributed by atoms with Crippen LogP contribution in [0.5, 0.6) is 0 Å². The van der Waals surface area contributed by atoms with Gasteiger partial charge >= 0.3 is 11.9 Å². The van der Waals surface area contributed by atoms with E-state index in [1.165, 1.54) is 24.3 Å². The number of nitrogens with zero attached hydrogens (tertiary/aromatic N) is 1. The molecule has 2 aromatic rings. The van der Waals surface area contributed by atoms with E-state index in [1.807, 2.05) is 5.10 Å². The highest BCUT2D eigenvalue weighted by Crippen LogP contribution is 2.30. The van der Waals surface area contributed by atoms with Gasteiger partial charge in [0.15, 0.2) is 0 Å². The summed E-state index contributed by atoms with van der Waals surface area (Å²) < 4.78 is 38.0. The van der Waals surface area contributed by atoms with Gasteiger partial charge in [0, 0.05) is 5.02 Å². The van der Waals surface area contributed by atoms with Crippen molar-refractivity contribution in [2.75, 3.05) is 0 Å². The van der Waals surface area contributed by atoms with Crippen molar-refractivity contribution in [1.82, 2.24) is 20.5 Å². The molecular weight excluding hydrogens is 325 g/mol. The minimum absolute atomic E-state index is 0.230. The highest BCUT2D eigenvalue weighted by atomic mass is 35.5. The van der Waals surface area contributed by atoms with E-state index in [2.05, 4.69) is 15.4 Å². The van der Waals surface area contributed by atoms with Gasteiger partial charge in [-0.05, 0) is 17.7 Å². The number of carbonyl (C=O) groups is 1. The van der Waals surface area contributed by atoms with Crippen LogP contribution in [0, 0.1) is 0 Å². The number of alkyl halides is 3. The number of aromatic amines is 2. The van der Waals surface area contributed by atoms with Crippen molar-refractivity contribution in [2.24, 2.45) is 0 Å². The van der Waals surface area contributed by atoms with Crippen LogP contribution in [0.3, 0.4) is 0 Å². The molecule has 0 bridgehead atoms. The minimum atomic E-state index is -4.49. The lowest BCUT2D eigenvalue weighted by atomic mass is 10.0. The molecule has 0 spiro atoms. The molecular formula is C12H10ClF3N4O2. The summed E-state index contributed by atoms with van der Waals surface area (Å²) in [7, 11) is 0. The van der Waals surface area contributed by atoms with Crippen molar-refractivity contribution >= 4 is 17.5 Å². The van der Waals surface area contributed by atoms with Crippen LogP contribution in [-0.2, 0) is 0 Å². The van der Waals surface area contributed by atoms with Crippen LogP contribution >= 0.6 is 11.6 Å². The summed E-state index contributed by atoms with van der Waals surface area (Å²) in [6.45, 7) is 0. The van der Waals surface area contributed by atoms with Crippen LogP contribution in [0.15, 0.2) is 29.1 Å². The molecule has 0 aliphatic carbocycles. The van der Waals surface area contributed by atoms with Gasteiger partial charge in [-0.15, -0.1) is 5.10 Å². The van der Waals surface area contributed by atoms with Crippen molar-refractivity contribution in [3.05, 3.63) is 51.2 Å². The molecule has 0 aliphatic rings. The van der Waals surface area contributed by atoms with E-state index in [-0.39, 0.29) is 5.56 Å². The Balaban J connectivity index is 2.22. The molecule has 0 saturated carbocycles. The summed E-state index contributed by atoms with van der Waals surface area (Å²) in [4.78, 5) is 24.8. The first-order valence-electron chi connectivity index (χ1n) is 6.02. The van der Waals surface area contributed by atoms with E-state index in [0.717, 1.165) is 0 Å². The van der Waals surface area contributed by atoms with E-state index >= 15 is 0 Å². The van der Waals surface area contributed by atoms with E-state index in [0.29, 0.717) is 5.02 Å². The fraction of sp³-hybridized carbons (Fsp3) is 0.250. The number of nitrogens with one attached hydrogen (secondary N) is 3. The summed E-state index contributed by atoms with van der Waals surface area (Å²) in [5.41, 5.74) is -0.503. The Kier molecular flexibility index (Phi) is 4.55. The van der Waals surface area contributed by atoms with Crippen LogP contribution in [-0.4, -0.2) is 27.3 Å². The maximum absolute atomic E-state index is 12.7. The molecule has 0 aliphatic heterocycles. The Morgan fingerprint density at radius 2 is 1.95 bits per heavy atom. The first-order valence-corrected chi connectivity index (χ1v) is 6.40. The van der Waals surface area contributed by atoms with Crippen molar-refractivity contribution in [3.63, 3.8) is 0 Å². The zero-order valence-electron chi connectivity index (χ0n) is 10.9. The number of amides is 1. The van der Waals surface area contributed by atoms with Crippen molar-refractivity contribution in [1.29, 1.82) is 0 Å². The minimum Gasteiger partial charge on any atom is -0.342 e. The number of halogens is 4. The van der Waals surface area contributed by atoms with Crippen LogP contribution in [0.1, 0.15) is 28.6 Å². The molecule has 10 heteroatoms. The van der Waals surface area contributed by atoms with Crippen molar-refractivity contribution in [2.45, 2.75) is 18.6 Å². The highest BCUT2D eigenvalue weighted by molar-refractivity contribution is 6.30. The van der Waals surface area contributed by atoms with Gasteiger partial charge in [-0.3, -0.25) is 9.78 Å². The molecule has 118 valence electrons. The lowest BCUT2D eigenvalue weighted by Crippen LogP contribution is -2.32. The molecule has 6 nitrogen and oxygen atoms in total. The molecule has 0 saturated heterocycles. The third-order valence-electron chi connectivity index (χ3n) is 2.73. The van der Waals surface area contributed by atoms with Gasteiger partial charge in [-0.1, -0.05) is 23.7 Å². The topological polar surface area (TPSA) is 90.6 Å². The molecule has 1 atom stereocenters. The summed E-state index contributed by atoms with van der Waals surface area (Å²) >= 11 is 5.69. The number of hydrogen-bond acceptors (Lipinski definition) is 3. The monoisotopic (exact) mass is 334 g/mol. The number of carbonyl (C=O) groups excluding carboxylic acids is 1. The van der Waals surface area contributed by atoms with Gasteiger partial charge < -0.3 is 5.32 Å². The van der Waals surface area contributed by atoms with Crippen LogP contribution in [0.2, 0.25) is 5.02 Å². The third kappa shape index (κ3) is 4.35. The summed E-state index contributed by atoms with van der Waals surface area (Å²) in [5.74, 6) is -1.33. The normalized spacial score (nSPS) is 12.9. The lowest BCUT2D eigenvalue weighted by molar-refractivity contribution is -0.139. The largest absolute Gasteiger partial charge is 0.391 e. The van der Waals surface area contributed by atoms with Gasteiger partial charge in [0.25, 0.3) is 5.91 Å². The molecule has 0 radical (unpaired) electrons. The Labute approximate surface area is 126 Å². The average molecular weight is 335 g/mol. The molecule has 1 heterocycles. The number of H-pyrrole nitrogens is 2. The Bertz CT molecular complexity index is 708. The quantitative estimate of drug-likeness (QED) is 0.800. The molecule has 0 unspecified atom stereocenters. The number of benzene rings is 1. The van der Waals surface area contributed by atoms with Crippen LogP contribution in [0.4, 0.5) is 13.2 Å². The Morgan fingerprint density at radius 3 is 2.45 bits per heavy atom. The highest BCUT2D eigenvalue weighted by Gasteiger charge is 2.34. The van der Waals surface area contributed by atoms with Crippen LogP contribution in [0.25, 0.3) is 0 Å². The maximum atomic E-state index is 12.7. The second kappa shape index (κ2) is 6.22. The predicted molar refractivity (Wildman–Crippen MR) is 71.5 cm³/mol. The van der Waals surface area contributed by atoms with Crippen molar-refractivity contribution < 1.29 is 18.0 Å². The Morgan fingerprint density at radius 1 is 1.32 bits per heavy atom. The summed E-state index contributed by atoms with van der Waals surface area (Å²) in [5, 5.41) is 7.87. The van der Waals surface area contributed by atoms with E-state index in [1.54, 1.807) is 0 Å². The van der Waals surface area contributed by atoms with E-state index in [9.17, 15) is 22.8 Å². The van der Waals surface area contributed by atoms with E-state index in [4.69, 9.17) is 11.6 Å². The second-order valence-corrected chi connectivity index (χ2v) is 4.86. The summed E-state index contributed by atoms with van der Waals surface area (Å²) in [6.07, 6.45) is -5.76. The van der Waals surface area contributed by atoms with Gasteiger partial charge in [0.05, 0.1) is 12.5 Å². The van der Waals surface area contributed by atoms with Gasteiger partial charge in [-0.25, -0.2) is 9.89 Å². The average Bonchev–Trinajstić information content (AvgIpc) is 2.84. The number of rotatable bonds is 4. The molecule has 2 rings (SSSR count). The van der Waals surface area contributed by atoms with Gasteiger partial charge in [-0.2, -0.15) is 13.2 Å². The molecule has 1 amide bonds.